The van der Waals surface area contributed by atoms with Gasteiger partial charge in [0.25, 0.3) is 5.56 Å². The normalized spacial score (nSPS) is 21.7. The molecule has 0 saturated heterocycles. The van der Waals surface area contributed by atoms with Crippen molar-refractivity contribution in [1.29, 1.82) is 0 Å². The standard InChI is InChI=1S/C23H24N2O3S/c1-3-28-22(27)19-15(2)24-23-25(20(19)17-12-8-5-9-13-17)21(26)18(29-23)14-16-10-6-4-7-11-16/h4-8,10-11,14,17,20H,3,9,12-13H2,1-2H3. The number of carbonyl (C=O) groups is 1. The number of hydrogen-bond acceptors (Lipinski definition) is 5. The van der Waals surface area contributed by atoms with Crippen LogP contribution >= 0.6 is 11.3 Å². The van der Waals surface area contributed by atoms with Crippen molar-refractivity contribution in [2.75, 3.05) is 6.61 Å². The Morgan fingerprint density at radius 1 is 1.31 bits per heavy atom. The van der Waals surface area contributed by atoms with E-state index in [1.807, 2.05) is 43.3 Å². The zero-order chi connectivity index (χ0) is 20.4. The SMILES string of the molecule is CCOC(=O)C1=C(C)N=c2sc(=Cc3ccccc3)c(=O)n2C1C1CC=CCC1. The maximum atomic E-state index is 13.4. The number of carbonyl (C=O) groups excluding carboxylic acids is 1. The van der Waals surface area contributed by atoms with Gasteiger partial charge in [0.15, 0.2) is 4.80 Å². The topological polar surface area (TPSA) is 60.7 Å². The number of allylic oxidation sites excluding steroid dienone is 3. The molecule has 1 aromatic heterocycles. The highest BCUT2D eigenvalue weighted by molar-refractivity contribution is 7.07. The first-order chi connectivity index (χ1) is 14.1. The van der Waals surface area contributed by atoms with E-state index in [-0.39, 0.29) is 23.5 Å². The Balaban J connectivity index is 1.90. The Labute approximate surface area is 173 Å². The van der Waals surface area contributed by atoms with Gasteiger partial charge in [0, 0.05) is 0 Å². The number of esters is 1. The van der Waals surface area contributed by atoms with E-state index >= 15 is 0 Å². The van der Waals surface area contributed by atoms with Crippen LogP contribution in [0.2, 0.25) is 0 Å². The van der Waals surface area contributed by atoms with Crippen molar-refractivity contribution in [3.63, 3.8) is 0 Å². The molecular weight excluding hydrogens is 384 g/mol. The third-order valence-corrected chi connectivity index (χ3v) is 6.40. The van der Waals surface area contributed by atoms with E-state index in [1.54, 1.807) is 11.5 Å². The molecular formula is C23H24N2O3S. The van der Waals surface area contributed by atoms with Gasteiger partial charge in [0.05, 0.1) is 28.5 Å². The molecule has 2 heterocycles. The van der Waals surface area contributed by atoms with E-state index in [1.165, 1.54) is 11.3 Å². The van der Waals surface area contributed by atoms with Gasteiger partial charge in [0.1, 0.15) is 0 Å². The van der Waals surface area contributed by atoms with Crippen LogP contribution < -0.4 is 14.9 Å². The molecule has 2 aliphatic rings. The fourth-order valence-corrected chi connectivity index (χ4v) is 5.14. The first-order valence-electron chi connectivity index (χ1n) is 10.00. The Hall–Kier alpha value is -2.73. The summed E-state index contributed by atoms with van der Waals surface area (Å²) in [5.74, 6) is -0.203. The third kappa shape index (κ3) is 3.77. The highest BCUT2D eigenvalue weighted by Crippen LogP contribution is 2.37. The summed E-state index contributed by atoms with van der Waals surface area (Å²) in [7, 11) is 0. The molecule has 4 rings (SSSR count). The van der Waals surface area contributed by atoms with Crippen LogP contribution in [0.1, 0.15) is 44.7 Å². The molecule has 0 N–H and O–H groups in total. The van der Waals surface area contributed by atoms with Crippen LogP contribution in [0, 0.1) is 5.92 Å². The average molecular weight is 409 g/mol. The second kappa shape index (κ2) is 8.33. The predicted molar refractivity (Wildman–Crippen MR) is 114 cm³/mol. The average Bonchev–Trinajstić information content (AvgIpc) is 3.03. The lowest BCUT2D eigenvalue weighted by atomic mass is 9.82. The van der Waals surface area contributed by atoms with Crippen LogP contribution in [0.4, 0.5) is 0 Å². The molecule has 2 unspecified atom stereocenters. The quantitative estimate of drug-likeness (QED) is 0.577. The summed E-state index contributed by atoms with van der Waals surface area (Å²) in [4.78, 5) is 31.5. The van der Waals surface area contributed by atoms with Crippen LogP contribution in [0.25, 0.3) is 6.08 Å². The Morgan fingerprint density at radius 3 is 2.79 bits per heavy atom. The van der Waals surface area contributed by atoms with Gasteiger partial charge in [-0.25, -0.2) is 9.79 Å². The molecule has 0 spiro atoms. The van der Waals surface area contributed by atoms with Gasteiger partial charge < -0.3 is 4.74 Å². The second-order valence-corrected chi connectivity index (χ2v) is 8.31. The summed E-state index contributed by atoms with van der Waals surface area (Å²) >= 11 is 1.38. The summed E-state index contributed by atoms with van der Waals surface area (Å²) in [5.41, 5.74) is 2.05. The molecule has 1 aromatic carbocycles. The van der Waals surface area contributed by atoms with Crippen molar-refractivity contribution in [1.82, 2.24) is 4.57 Å². The van der Waals surface area contributed by atoms with Crippen LogP contribution in [0.3, 0.4) is 0 Å². The molecule has 0 fully saturated rings. The molecule has 150 valence electrons. The maximum Gasteiger partial charge on any atom is 0.337 e. The first-order valence-corrected chi connectivity index (χ1v) is 10.8. The lowest BCUT2D eigenvalue weighted by Gasteiger charge is -2.32. The van der Waals surface area contributed by atoms with E-state index in [0.717, 1.165) is 24.8 Å². The summed E-state index contributed by atoms with van der Waals surface area (Å²) in [6.07, 6.45) is 8.91. The van der Waals surface area contributed by atoms with Crippen LogP contribution in [-0.4, -0.2) is 17.1 Å². The Morgan fingerprint density at radius 2 is 2.10 bits per heavy atom. The number of rotatable bonds is 4. The number of benzene rings is 1. The van der Waals surface area contributed by atoms with E-state index in [0.29, 0.717) is 27.2 Å². The van der Waals surface area contributed by atoms with E-state index in [9.17, 15) is 9.59 Å². The number of hydrogen-bond donors (Lipinski definition) is 0. The third-order valence-electron chi connectivity index (χ3n) is 5.41. The van der Waals surface area contributed by atoms with Crippen LogP contribution in [0.15, 0.2) is 63.5 Å². The molecule has 5 nitrogen and oxygen atoms in total. The number of fused-ring (bicyclic) bond motifs is 1. The Kier molecular flexibility index (Phi) is 5.62. The lowest BCUT2D eigenvalue weighted by molar-refractivity contribution is -0.139. The summed E-state index contributed by atoms with van der Waals surface area (Å²) in [6, 6.07) is 9.44. The molecule has 2 aromatic rings. The summed E-state index contributed by atoms with van der Waals surface area (Å²) in [5, 5.41) is 0. The highest BCUT2D eigenvalue weighted by atomic mass is 32.1. The monoisotopic (exact) mass is 408 g/mol. The predicted octanol–water partition coefficient (Wildman–Crippen LogP) is 3.11. The van der Waals surface area contributed by atoms with Crippen molar-refractivity contribution in [2.45, 2.75) is 39.2 Å². The van der Waals surface area contributed by atoms with E-state index in [4.69, 9.17) is 4.74 Å². The molecule has 0 saturated carbocycles. The van der Waals surface area contributed by atoms with Gasteiger partial charge in [-0.05, 0) is 50.7 Å². The number of thiazole rings is 1. The minimum atomic E-state index is -0.370. The summed E-state index contributed by atoms with van der Waals surface area (Å²) < 4.78 is 7.69. The van der Waals surface area contributed by atoms with Gasteiger partial charge in [-0.3, -0.25) is 9.36 Å². The van der Waals surface area contributed by atoms with Crippen molar-refractivity contribution in [2.24, 2.45) is 10.9 Å². The minimum Gasteiger partial charge on any atom is -0.463 e. The summed E-state index contributed by atoms with van der Waals surface area (Å²) in [6.45, 7) is 3.93. The van der Waals surface area contributed by atoms with Crippen molar-refractivity contribution in [3.05, 3.63) is 79.0 Å². The molecule has 0 amide bonds. The van der Waals surface area contributed by atoms with Gasteiger partial charge in [-0.1, -0.05) is 53.8 Å². The fourth-order valence-electron chi connectivity index (χ4n) is 4.09. The van der Waals surface area contributed by atoms with Gasteiger partial charge in [-0.15, -0.1) is 0 Å². The molecule has 29 heavy (non-hydrogen) atoms. The molecule has 0 bridgehead atoms. The van der Waals surface area contributed by atoms with Crippen molar-refractivity contribution in [3.8, 4) is 0 Å². The lowest BCUT2D eigenvalue weighted by Crippen LogP contribution is -2.42. The molecule has 1 aliphatic heterocycles. The number of ether oxygens (including phenoxy) is 1. The van der Waals surface area contributed by atoms with E-state index < -0.39 is 0 Å². The number of aromatic nitrogens is 1. The zero-order valence-electron chi connectivity index (χ0n) is 16.6. The van der Waals surface area contributed by atoms with Crippen LogP contribution in [0.5, 0.6) is 0 Å². The number of nitrogens with zero attached hydrogens (tertiary/aromatic N) is 2. The minimum absolute atomic E-state index is 0.0912. The molecule has 6 heteroatoms. The van der Waals surface area contributed by atoms with E-state index in [2.05, 4.69) is 17.1 Å². The zero-order valence-corrected chi connectivity index (χ0v) is 17.4. The molecule has 0 radical (unpaired) electrons. The van der Waals surface area contributed by atoms with Gasteiger partial charge in [0.2, 0.25) is 0 Å². The molecule has 1 aliphatic carbocycles. The first kappa shape index (κ1) is 19.6. The van der Waals surface area contributed by atoms with Crippen molar-refractivity contribution < 1.29 is 9.53 Å². The van der Waals surface area contributed by atoms with Crippen LogP contribution in [-0.2, 0) is 9.53 Å². The maximum absolute atomic E-state index is 13.4. The largest absolute Gasteiger partial charge is 0.463 e. The van der Waals surface area contributed by atoms with Gasteiger partial charge in [-0.2, -0.15) is 0 Å². The van der Waals surface area contributed by atoms with Crippen molar-refractivity contribution >= 4 is 23.4 Å². The highest BCUT2D eigenvalue weighted by Gasteiger charge is 2.37. The fraction of sp³-hybridized carbons (Fsp3) is 0.348. The smallest absolute Gasteiger partial charge is 0.337 e. The molecule has 2 atom stereocenters. The van der Waals surface area contributed by atoms with Gasteiger partial charge >= 0.3 is 5.97 Å². The second-order valence-electron chi connectivity index (χ2n) is 7.30. The Bertz CT molecular complexity index is 1150.